The van der Waals surface area contributed by atoms with Crippen LogP contribution in [0.15, 0.2) is 71.8 Å². The van der Waals surface area contributed by atoms with Gasteiger partial charge in [-0.15, -0.1) is 0 Å². The highest BCUT2D eigenvalue weighted by Crippen LogP contribution is 2.32. The van der Waals surface area contributed by atoms with E-state index in [4.69, 9.17) is 19.4 Å². The zero-order chi connectivity index (χ0) is 23.2. The van der Waals surface area contributed by atoms with Gasteiger partial charge >= 0.3 is 0 Å². The van der Waals surface area contributed by atoms with Crippen LogP contribution >= 0.6 is 0 Å². The van der Waals surface area contributed by atoms with Crippen molar-refractivity contribution in [3.05, 3.63) is 72.3 Å². The van der Waals surface area contributed by atoms with E-state index in [0.29, 0.717) is 11.6 Å². The Morgan fingerprint density at radius 1 is 0.909 bits per heavy atom. The van der Waals surface area contributed by atoms with E-state index in [0.717, 1.165) is 39.1 Å². The molecule has 8 heteroatoms. The second-order valence-corrected chi connectivity index (χ2v) is 7.33. The summed E-state index contributed by atoms with van der Waals surface area (Å²) >= 11 is 0. The maximum Gasteiger partial charge on any atom is 0.237 e. The zero-order valence-electron chi connectivity index (χ0n) is 18.8. The lowest BCUT2D eigenvalue weighted by Crippen LogP contribution is -2.23. The number of methoxy groups -OCH3 is 2. The number of hydrogen-bond acceptors (Lipinski definition) is 8. The Balaban J connectivity index is 1.77. The van der Waals surface area contributed by atoms with Gasteiger partial charge in [-0.1, -0.05) is 24.3 Å². The van der Waals surface area contributed by atoms with E-state index >= 15 is 0 Å². The predicted molar refractivity (Wildman–Crippen MR) is 134 cm³/mol. The van der Waals surface area contributed by atoms with E-state index in [1.165, 1.54) is 0 Å². The second kappa shape index (κ2) is 10.1. The maximum atomic E-state index is 5.30. The lowest BCUT2D eigenvalue weighted by molar-refractivity contribution is -0.0807. The van der Waals surface area contributed by atoms with Crippen LogP contribution in [-0.4, -0.2) is 37.3 Å². The molecule has 0 saturated carbocycles. The van der Waals surface area contributed by atoms with Gasteiger partial charge in [-0.2, -0.15) is 5.10 Å². The molecule has 3 aromatic carbocycles. The Kier molecular flexibility index (Phi) is 6.77. The van der Waals surface area contributed by atoms with Crippen LogP contribution in [0.1, 0.15) is 5.56 Å². The van der Waals surface area contributed by atoms with E-state index in [2.05, 4.69) is 27.9 Å². The van der Waals surface area contributed by atoms with Gasteiger partial charge in [-0.3, -0.25) is 5.43 Å². The molecule has 0 aliphatic carbocycles. The molecule has 0 aliphatic rings. The number of anilines is 4. The van der Waals surface area contributed by atoms with Gasteiger partial charge in [0.15, 0.2) is 5.82 Å². The fraction of sp³-hybridized carbons (Fsp3) is 0.160. The predicted octanol–water partition coefficient (Wildman–Crippen LogP) is 5.36. The van der Waals surface area contributed by atoms with Crippen LogP contribution in [0.2, 0.25) is 0 Å². The van der Waals surface area contributed by atoms with Crippen LogP contribution in [-0.2, 0) is 9.47 Å². The molecular formula is C25H26N6O2. The Hall–Kier alpha value is -4.01. The number of hydrogen-bond donors (Lipinski definition) is 3. The van der Waals surface area contributed by atoms with Crippen molar-refractivity contribution >= 4 is 40.5 Å². The van der Waals surface area contributed by atoms with Crippen molar-refractivity contribution in [1.82, 2.24) is 9.97 Å². The largest absolute Gasteiger partial charge is 0.340 e. The monoisotopic (exact) mass is 442 g/mol. The van der Waals surface area contributed by atoms with Crippen LogP contribution in [0.25, 0.3) is 22.3 Å². The molecule has 0 amide bonds. The third-order valence-electron chi connectivity index (χ3n) is 5.16. The minimum atomic E-state index is -0.593. The van der Waals surface area contributed by atoms with Gasteiger partial charge in [0.2, 0.25) is 6.41 Å². The number of para-hydroxylation sites is 2. The number of aromatic nitrogens is 2. The number of benzene rings is 3. The van der Waals surface area contributed by atoms with Gasteiger partial charge in [0.1, 0.15) is 5.82 Å². The van der Waals surface area contributed by atoms with Crippen molar-refractivity contribution in [1.29, 1.82) is 0 Å². The van der Waals surface area contributed by atoms with E-state index in [1.807, 2.05) is 73.7 Å². The number of nitrogens with one attached hydrogen (secondary N) is 3. The van der Waals surface area contributed by atoms with Crippen LogP contribution in [0.5, 0.6) is 0 Å². The minimum absolute atomic E-state index is 0.580. The molecule has 4 aromatic rings. The van der Waals surface area contributed by atoms with Gasteiger partial charge in [0.25, 0.3) is 0 Å². The number of aryl methyl sites for hydroxylation is 1. The van der Waals surface area contributed by atoms with Crippen LogP contribution in [0, 0.1) is 6.92 Å². The summed E-state index contributed by atoms with van der Waals surface area (Å²) in [5.41, 5.74) is 8.19. The van der Waals surface area contributed by atoms with Crippen molar-refractivity contribution in [3.8, 4) is 11.4 Å². The van der Waals surface area contributed by atoms with Crippen molar-refractivity contribution in [2.75, 3.05) is 30.3 Å². The summed E-state index contributed by atoms with van der Waals surface area (Å²) in [4.78, 5) is 9.71. The summed E-state index contributed by atoms with van der Waals surface area (Å²) in [5, 5.41) is 11.3. The number of ether oxygens (including phenoxy) is 2. The molecule has 3 N–H and O–H groups in total. The first kappa shape index (κ1) is 22.2. The fourth-order valence-electron chi connectivity index (χ4n) is 3.53. The minimum Gasteiger partial charge on any atom is -0.340 e. The first-order valence-electron chi connectivity index (χ1n) is 10.4. The number of hydrazone groups is 1. The molecular weight excluding hydrogens is 416 g/mol. The average molecular weight is 443 g/mol. The molecule has 1 aromatic heterocycles. The number of rotatable bonds is 9. The molecule has 0 spiro atoms. The smallest absolute Gasteiger partial charge is 0.237 e. The van der Waals surface area contributed by atoms with Gasteiger partial charge in [-0.05, 0) is 55.0 Å². The highest BCUT2D eigenvalue weighted by molar-refractivity contribution is 5.93. The lowest BCUT2D eigenvalue weighted by atomic mass is 10.1. The summed E-state index contributed by atoms with van der Waals surface area (Å²) in [5.74, 6) is 1.29. The highest BCUT2D eigenvalue weighted by atomic mass is 16.7. The van der Waals surface area contributed by atoms with Gasteiger partial charge in [-0.25, -0.2) is 9.97 Å². The first-order chi connectivity index (χ1) is 16.1. The highest BCUT2D eigenvalue weighted by Gasteiger charge is 2.15. The standard InChI is InChI=1S/C25H26N6O2/c1-16-15-17(13-14-20(16)31-26-2)27-23-18-9-5-7-11-21(18)28-24(30-23)19-10-6-8-12-22(19)29-25(32-3)33-4/h5-15,25,29,31H,2H2,1,3-4H3,(H,27,28,30). The SMILES string of the molecule is C=NNc1ccc(Nc2nc(-c3ccccc3NC(OC)OC)nc3ccccc23)cc1C. The van der Waals surface area contributed by atoms with E-state index in [9.17, 15) is 0 Å². The quantitative estimate of drug-likeness (QED) is 0.182. The summed E-state index contributed by atoms with van der Waals surface area (Å²) in [6.45, 7) is 5.49. The summed E-state index contributed by atoms with van der Waals surface area (Å²) in [7, 11) is 3.15. The number of nitrogens with zero attached hydrogens (tertiary/aromatic N) is 3. The topological polar surface area (TPSA) is 92.7 Å². The van der Waals surface area contributed by atoms with Crippen molar-refractivity contribution in [2.24, 2.45) is 5.10 Å². The second-order valence-electron chi connectivity index (χ2n) is 7.33. The molecule has 4 rings (SSSR count). The van der Waals surface area contributed by atoms with Crippen LogP contribution < -0.4 is 16.1 Å². The molecule has 0 unspecified atom stereocenters. The van der Waals surface area contributed by atoms with Crippen molar-refractivity contribution in [3.63, 3.8) is 0 Å². The third-order valence-corrected chi connectivity index (χ3v) is 5.16. The van der Waals surface area contributed by atoms with Crippen molar-refractivity contribution < 1.29 is 9.47 Å². The van der Waals surface area contributed by atoms with Gasteiger partial charge < -0.3 is 20.1 Å². The number of fused-ring (bicyclic) bond motifs is 1. The molecule has 0 aliphatic heterocycles. The molecule has 33 heavy (non-hydrogen) atoms. The summed E-state index contributed by atoms with van der Waals surface area (Å²) < 4.78 is 10.6. The van der Waals surface area contributed by atoms with Gasteiger partial charge in [0.05, 0.1) is 11.2 Å². The molecule has 1 heterocycles. The third kappa shape index (κ3) is 4.92. The lowest BCUT2D eigenvalue weighted by Gasteiger charge is -2.19. The summed E-state index contributed by atoms with van der Waals surface area (Å²) in [6, 6.07) is 21.6. The molecule has 8 nitrogen and oxygen atoms in total. The molecule has 0 bridgehead atoms. The maximum absolute atomic E-state index is 5.30. The Morgan fingerprint density at radius 2 is 1.67 bits per heavy atom. The van der Waals surface area contributed by atoms with Crippen molar-refractivity contribution in [2.45, 2.75) is 13.3 Å². The average Bonchev–Trinajstić information content (AvgIpc) is 2.84. The molecule has 168 valence electrons. The molecule has 0 saturated heterocycles. The zero-order valence-corrected chi connectivity index (χ0v) is 18.8. The van der Waals surface area contributed by atoms with Crippen LogP contribution in [0.4, 0.5) is 22.9 Å². The fourth-order valence-corrected chi connectivity index (χ4v) is 3.53. The van der Waals surface area contributed by atoms with Crippen LogP contribution in [0.3, 0.4) is 0 Å². The Morgan fingerprint density at radius 3 is 2.42 bits per heavy atom. The normalized spacial score (nSPS) is 10.9. The Labute approximate surface area is 192 Å². The van der Waals surface area contributed by atoms with Gasteiger partial charge in [0, 0.05) is 43.3 Å². The van der Waals surface area contributed by atoms with E-state index in [1.54, 1.807) is 14.2 Å². The molecule has 0 radical (unpaired) electrons. The summed E-state index contributed by atoms with van der Waals surface area (Å²) in [6.07, 6.45) is -0.593. The first-order valence-corrected chi connectivity index (χ1v) is 10.4. The Bertz CT molecular complexity index is 1270. The molecule has 0 atom stereocenters. The van der Waals surface area contributed by atoms with E-state index in [-0.39, 0.29) is 0 Å². The van der Waals surface area contributed by atoms with E-state index < -0.39 is 6.41 Å². The molecule has 0 fully saturated rings.